The van der Waals surface area contributed by atoms with Crippen LogP contribution in [0.2, 0.25) is 5.02 Å². The van der Waals surface area contributed by atoms with Gasteiger partial charge in [0.05, 0.1) is 17.2 Å². The van der Waals surface area contributed by atoms with Crippen LogP contribution >= 0.6 is 27.5 Å². The second kappa shape index (κ2) is 7.59. The van der Waals surface area contributed by atoms with Gasteiger partial charge in [-0.1, -0.05) is 48.0 Å². The van der Waals surface area contributed by atoms with Gasteiger partial charge in [0.2, 0.25) is 0 Å². The SMILES string of the molecule is O=C(c1cccc(Br)c1Cl)N(CCO)Cc1ccccc1. The molecule has 0 saturated carbocycles. The molecule has 0 spiro atoms. The maximum atomic E-state index is 12.6. The van der Waals surface area contributed by atoms with Crippen LogP contribution in [0.15, 0.2) is 53.0 Å². The minimum atomic E-state index is -0.195. The molecule has 0 saturated heterocycles. The van der Waals surface area contributed by atoms with Crippen molar-refractivity contribution in [1.29, 1.82) is 0 Å². The highest BCUT2D eigenvalue weighted by molar-refractivity contribution is 9.10. The number of carbonyl (C=O) groups excluding carboxylic acids is 1. The Bertz CT molecular complexity index is 619. The number of aliphatic hydroxyl groups excluding tert-OH is 1. The Hall–Kier alpha value is -1.36. The zero-order chi connectivity index (χ0) is 15.2. The van der Waals surface area contributed by atoms with E-state index in [4.69, 9.17) is 11.6 Å². The van der Waals surface area contributed by atoms with Crippen molar-refractivity contribution in [3.05, 3.63) is 69.2 Å². The molecule has 0 aliphatic heterocycles. The van der Waals surface area contributed by atoms with Gasteiger partial charge in [-0.2, -0.15) is 0 Å². The van der Waals surface area contributed by atoms with E-state index < -0.39 is 0 Å². The van der Waals surface area contributed by atoms with Crippen molar-refractivity contribution < 1.29 is 9.90 Å². The van der Waals surface area contributed by atoms with Crippen molar-refractivity contribution in [3.63, 3.8) is 0 Å². The third-order valence-electron chi connectivity index (χ3n) is 3.06. The van der Waals surface area contributed by atoms with Crippen molar-refractivity contribution in [2.75, 3.05) is 13.2 Å². The predicted molar refractivity (Wildman–Crippen MR) is 87.4 cm³/mol. The molecule has 2 aromatic carbocycles. The van der Waals surface area contributed by atoms with E-state index in [0.29, 0.717) is 21.6 Å². The molecule has 0 unspecified atom stereocenters. The lowest BCUT2D eigenvalue weighted by molar-refractivity contribution is 0.0708. The molecule has 110 valence electrons. The van der Waals surface area contributed by atoms with Crippen LogP contribution in [0.4, 0.5) is 0 Å². The van der Waals surface area contributed by atoms with E-state index in [1.807, 2.05) is 30.3 Å². The first kappa shape index (κ1) is 16.0. The van der Waals surface area contributed by atoms with Crippen LogP contribution < -0.4 is 0 Å². The third-order valence-corrected chi connectivity index (χ3v) is 4.35. The van der Waals surface area contributed by atoms with Gasteiger partial charge < -0.3 is 10.0 Å². The second-order valence-corrected chi connectivity index (χ2v) is 5.77. The summed E-state index contributed by atoms with van der Waals surface area (Å²) in [7, 11) is 0. The molecule has 5 heteroatoms. The molecule has 0 aliphatic carbocycles. The first-order valence-electron chi connectivity index (χ1n) is 6.51. The van der Waals surface area contributed by atoms with Crippen molar-refractivity contribution in [2.24, 2.45) is 0 Å². The van der Waals surface area contributed by atoms with E-state index in [2.05, 4.69) is 15.9 Å². The Morgan fingerprint density at radius 1 is 1.14 bits per heavy atom. The summed E-state index contributed by atoms with van der Waals surface area (Å²) < 4.78 is 0.679. The van der Waals surface area contributed by atoms with E-state index >= 15 is 0 Å². The lowest BCUT2D eigenvalue weighted by Gasteiger charge is -2.22. The molecular weight excluding hydrogens is 354 g/mol. The Kier molecular flexibility index (Phi) is 5.79. The minimum absolute atomic E-state index is 0.0931. The van der Waals surface area contributed by atoms with Gasteiger partial charge in [0.15, 0.2) is 0 Å². The molecule has 3 nitrogen and oxygen atoms in total. The van der Waals surface area contributed by atoms with Gasteiger partial charge in [0.25, 0.3) is 5.91 Å². The fourth-order valence-corrected chi connectivity index (χ4v) is 2.59. The average Bonchev–Trinajstić information content (AvgIpc) is 2.50. The van der Waals surface area contributed by atoms with E-state index in [0.717, 1.165) is 5.56 Å². The first-order valence-corrected chi connectivity index (χ1v) is 7.68. The summed E-state index contributed by atoms with van der Waals surface area (Å²) in [4.78, 5) is 14.2. The van der Waals surface area contributed by atoms with Crippen LogP contribution in [-0.2, 0) is 6.54 Å². The van der Waals surface area contributed by atoms with Crippen molar-refractivity contribution >= 4 is 33.4 Å². The van der Waals surface area contributed by atoms with Crippen LogP contribution in [-0.4, -0.2) is 29.1 Å². The molecule has 1 N–H and O–H groups in total. The molecule has 0 aliphatic rings. The Labute approximate surface area is 137 Å². The van der Waals surface area contributed by atoms with E-state index in [9.17, 15) is 9.90 Å². The number of carbonyl (C=O) groups is 1. The Morgan fingerprint density at radius 2 is 1.86 bits per heavy atom. The monoisotopic (exact) mass is 367 g/mol. The Balaban J connectivity index is 2.25. The molecule has 0 radical (unpaired) electrons. The van der Waals surface area contributed by atoms with Crippen molar-refractivity contribution in [1.82, 2.24) is 4.90 Å². The topological polar surface area (TPSA) is 40.5 Å². The highest BCUT2D eigenvalue weighted by Crippen LogP contribution is 2.27. The third kappa shape index (κ3) is 4.06. The van der Waals surface area contributed by atoms with Crippen LogP contribution in [0.25, 0.3) is 0 Å². The minimum Gasteiger partial charge on any atom is -0.395 e. The Morgan fingerprint density at radius 3 is 2.52 bits per heavy atom. The van der Waals surface area contributed by atoms with Crippen LogP contribution in [0.1, 0.15) is 15.9 Å². The van der Waals surface area contributed by atoms with Gasteiger partial charge in [0, 0.05) is 17.6 Å². The van der Waals surface area contributed by atoms with Crippen LogP contribution in [0.5, 0.6) is 0 Å². The smallest absolute Gasteiger partial charge is 0.255 e. The molecule has 1 amide bonds. The standard InChI is InChI=1S/C16H15BrClNO2/c17-14-8-4-7-13(15(14)18)16(21)19(9-10-20)11-12-5-2-1-3-6-12/h1-8,20H,9-11H2. The van der Waals surface area contributed by atoms with E-state index in [1.165, 1.54) is 0 Å². The molecule has 0 heterocycles. The summed E-state index contributed by atoms with van der Waals surface area (Å²) >= 11 is 9.50. The zero-order valence-electron chi connectivity index (χ0n) is 11.3. The van der Waals surface area contributed by atoms with Gasteiger partial charge in [-0.15, -0.1) is 0 Å². The summed E-state index contributed by atoms with van der Waals surface area (Å²) in [5.74, 6) is -0.195. The molecule has 0 bridgehead atoms. The van der Waals surface area contributed by atoms with E-state index in [-0.39, 0.29) is 19.1 Å². The lowest BCUT2D eigenvalue weighted by Crippen LogP contribution is -2.33. The highest BCUT2D eigenvalue weighted by Gasteiger charge is 2.19. The van der Waals surface area contributed by atoms with Gasteiger partial charge in [-0.3, -0.25) is 4.79 Å². The van der Waals surface area contributed by atoms with Gasteiger partial charge in [-0.05, 0) is 33.6 Å². The number of hydrogen-bond acceptors (Lipinski definition) is 2. The second-order valence-electron chi connectivity index (χ2n) is 4.54. The number of aliphatic hydroxyl groups is 1. The van der Waals surface area contributed by atoms with Crippen molar-refractivity contribution in [2.45, 2.75) is 6.54 Å². The molecular formula is C16H15BrClNO2. The maximum absolute atomic E-state index is 12.6. The molecule has 2 rings (SSSR count). The van der Waals surface area contributed by atoms with Crippen LogP contribution in [0, 0.1) is 0 Å². The average molecular weight is 369 g/mol. The number of amides is 1. The molecule has 0 fully saturated rings. The molecule has 0 atom stereocenters. The predicted octanol–water partition coefficient (Wildman–Crippen LogP) is 3.74. The quantitative estimate of drug-likeness (QED) is 0.873. The molecule has 0 aromatic heterocycles. The van der Waals surface area contributed by atoms with Gasteiger partial charge in [0.1, 0.15) is 0 Å². The highest BCUT2D eigenvalue weighted by atomic mass is 79.9. The number of rotatable bonds is 5. The number of hydrogen-bond donors (Lipinski definition) is 1. The number of nitrogens with zero attached hydrogens (tertiary/aromatic N) is 1. The zero-order valence-corrected chi connectivity index (χ0v) is 13.6. The normalized spacial score (nSPS) is 10.4. The molecule has 2 aromatic rings. The van der Waals surface area contributed by atoms with Crippen molar-refractivity contribution in [3.8, 4) is 0 Å². The van der Waals surface area contributed by atoms with Crippen LogP contribution in [0.3, 0.4) is 0 Å². The summed E-state index contributed by atoms with van der Waals surface area (Å²) in [6, 6.07) is 14.9. The number of benzene rings is 2. The largest absolute Gasteiger partial charge is 0.395 e. The van der Waals surface area contributed by atoms with Gasteiger partial charge in [-0.25, -0.2) is 0 Å². The summed E-state index contributed by atoms with van der Waals surface area (Å²) in [6.07, 6.45) is 0. The fraction of sp³-hybridized carbons (Fsp3) is 0.188. The number of halogens is 2. The summed E-state index contributed by atoms with van der Waals surface area (Å²) in [5, 5.41) is 9.59. The first-order chi connectivity index (χ1) is 10.1. The van der Waals surface area contributed by atoms with E-state index in [1.54, 1.807) is 23.1 Å². The molecule has 21 heavy (non-hydrogen) atoms. The summed E-state index contributed by atoms with van der Waals surface area (Å²) in [5.41, 5.74) is 1.43. The summed E-state index contributed by atoms with van der Waals surface area (Å²) in [6.45, 7) is 0.601. The van der Waals surface area contributed by atoms with Gasteiger partial charge >= 0.3 is 0 Å². The maximum Gasteiger partial charge on any atom is 0.255 e. The fourth-order valence-electron chi connectivity index (χ4n) is 2.02. The lowest BCUT2D eigenvalue weighted by atomic mass is 10.1.